The third-order valence-corrected chi connectivity index (χ3v) is 6.80. The Balaban J connectivity index is 1.82. The van der Waals surface area contributed by atoms with Crippen molar-refractivity contribution in [3.8, 4) is 11.3 Å². The van der Waals surface area contributed by atoms with Gasteiger partial charge in [0.05, 0.1) is 22.4 Å². The van der Waals surface area contributed by atoms with E-state index in [4.69, 9.17) is 10.1 Å². The van der Waals surface area contributed by atoms with Crippen molar-refractivity contribution in [1.29, 1.82) is 0 Å². The number of rotatable bonds is 5. The molecular weight excluding hydrogens is 420 g/mol. The Labute approximate surface area is 192 Å². The Kier molecular flexibility index (Phi) is 6.65. The van der Waals surface area contributed by atoms with E-state index in [-0.39, 0.29) is 10.6 Å². The molecule has 0 saturated heterocycles. The summed E-state index contributed by atoms with van der Waals surface area (Å²) in [7, 11) is 0. The van der Waals surface area contributed by atoms with Gasteiger partial charge < -0.3 is 0 Å². The van der Waals surface area contributed by atoms with Crippen LogP contribution < -0.4 is 4.80 Å². The average Bonchev–Trinajstić information content (AvgIpc) is 3.17. The van der Waals surface area contributed by atoms with E-state index in [2.05, 4.69) is 36.6 Å². The Morgan fingerprint density at radius 3 is 2.50 bits per heavy atom. The molecule has 1 saturated carbocycles. The van der Waals surface area contributed by atoms with Crippen LogP contribution in [0.1, 0.15) is 55.7 Å². The lowest BCUT2D eigenvalue weighted by Crippen LogP contribution is -2.19. The van der Waals surface area contributed by atoms with Crippen molar-refractivity contribution < 1.29 is 4.92 Å². The zero-order valence-corrected chi connectivity index (χ0v) is 19.6. The summed E-state index contributed by atoms with van der Waals surface area (Å²) in [6.07, 6.45) is 5.96. The molecule has 1 aromatic heterocycles. The quantitative estimate of drug-likeness (QED) is 0.263. The highest BCUT2D eigenvalue weighted by molar-refractivity contribution is 7.07. The third-order valence-electron chi connectivity index (χ3n) is 5.97. The fourth-order valence-electron chi connectivity index (χ4n) is 4.01. The molecule has 0 unspecified atom stereocenters. The van der Waals surface area contributed by atoms with E-state index in [9.17, 15) is 10.1 Å². The van der Waals surface area contributed by atoms with Crippen LogP contribution >= 0.6 is 11.3 Å². The van der Waals surface area contributed by atoms with Crippen LogP contribution in [0.25, 0.3) is 11.3 Å². The van der Waals surface area contributed by atoms with Gasteiger partial charge in [-0.15, -0.1) is 11.3 Å². The third kappa shape index (κ3) is 4.88. The Morgan fingerprint density at radius 1 is 1.09 bits per heavy atom. The molecule has 1 aliphatic carbocycles. The summed E-state index contributed by atoms with van der Waals surface area (Å²) >= 11 is 1.60. The predicted octanol–water partition coefficient (Wildman–Crippen LogP) is 6.25. The number of nitrogens with zero attached hydrogens (tertiary/aromatic N) is 4. The standard InChI is InChI=1S/C25H28N4O2S/c1-17-9-12-20(13-10-17)24-16-32-25(26-22-7-5-4-6-8-22)28(24)27-19(3)21-14-11-18(2)23(15-21)29(30)31/h9-16,22H,4-8H2,1-3H3. The van der Waals surface area contributed by atoms with E-state index in [1.165, 1.54) is 24.8 Å². The number of aryl methyl sites for hydroxylation is 2. The molecule has 6 nitrogen and oxygen atoms in total. The van der Waals surface area contributed by atoms with E-state index in [1.807, 2.05) is 17.7 Å². The second-order valence-electron chi connectivity index (χ2n) is 8.45. The van der Waals surface area contributed by atoms with Crippen molar-refractivity contribution in [1.82, 2.24) is 4.68 Å². The fraction of sp³-hybridized carbons (Fsp3) is 0.360. The van der Waals surface area contributed by atoms with Crippen LogP contribution in [-0.2, 0) is 0 Å². The molecular formula is C25H28N4O2S. The molecule has 0 N–H and O–H groups in total. The van der Waals surface area contributed by atoms with Gasteiger partial charge in [-0.25, -0.2) is 4.68 Å². The summed E-state index contributed by atoms with van der Waals surface area (Å²) in [5.74, 6) is 0. The molecule has 0 atom stereocenters. The smallest absolute Gasteiger partial charge is 0.258 e. The number of nitro groups is 1. The van der Waals surface area contributed by atoms with Crippen LogP contribution in [0.2, 0.25) is 0 Å². The Bertz CT molecular complexity index is 1220. The molecule has 2 aromatic carbocycles. The first-order valence-corrected chi connectivity index (χ1v) is 11.9. The highest BCUT2D eigenvalue weighted by Crippen LogP contribution is 2.24. The van der Waals surface area contributed by atoms with Gasteiger partial charge in [-0.3, -0.25) is 15.1 Å². The minimum Gasteiger partial charge on any atom is -0.258 e. The lowest BCUT2D eigenvalue weighted by atomic mass is 9.96. The van der Waals surface area contributed by atoms with E-state index >= 15 is 0 Å². The van der Waals surface area contributed by atoms with E-state index < -0.39 is 0 Å². The molecule has 1 aliphatic rings. The monoisotopic (exact) mass is 448 g/mol. The summed E-state index contributed by atoms with van der Waals surface area (Å²) < 4.78 is 1.91. The highest BCUT2D eigenvalue weighted by Gasteiger charge is 2.16. The van der Waals surface area contributed by atoms with Crippen LogP contribution in [0.4, 0.5) is 5.69 Å². The summed E-state index contributed by atoms with van der Waals surface area (Å²) in [6.45, 7) is 5.71. The topological polar surface area (TPSA) is 72.8 Å². The summed E-state index contributed by atoms with van der Waals surface area (Å²) in [4.78, 5) is 17.0. The van der Waals surface area contributed by atoms with Crippen molar-refractivity contribution in [2.75, 3.05) is 0 Å². The van der Waals surface area contributed by atoms with E-state index in [0.717, 1.165) is 34.5 Å². The Morgan fingerprint density at radius 2 is 1.81 bits per heavy atom. The highest BCUT2D eigenvalue weighted by atomic mass is 32.1. The molecule has 0 spiro atoms. The summed E-state index contributed by atoms with van der Waals surface area (Å²) in [6, 6.07) is 14.0. The maximum absolute atomic E-state index is 11.4. The molecule has 0 aliphatic heterocycles. The van der Waals surface area contributed by atoms with Gasteiger partial charge in [0.2, 0.25) is 4.80 Å². The second-order valence-corrected chi connectivity index (χ2v) is 9.28. The number of hydrogen-bond acceptors (Lipinski definition) is 5. The maximum atomic E-state index is 11.4. The molecule has 32 heavy (non-hydrogen) atoms. The Hall–Kier alpha value is -3.06. The van der Waals surface area contributed by atoms with Crippen molar-refractivity contribution in [2.24, 2.45) is 10.1 Å². The molecule has 166 valence electrons. The fourth-order valence-corrected chi connectivity index (χ4v) is 4.91. The van der Waals surface area contributed by atoms with Crippen LogP contribution in [-0.4, -0.2) is 21.4 Å². The van der Waals surface area contributed by atoms with Crippen molar-refractivity contribution in [3.63, 3.8) is 0 Å². The van der Waals surface area contributed by atoms with Crippen molar-refractivity contribution >= 4 is 22.7 Å². The van der Waals surface area contributed by atoms with E-state index in [1.54, 1.807) is 30.4 Å². The van der Waals surface area contributed by atoms with Crippen LogP contribution in [0, 0.1) is 24.0 Å². The summed E-state index contributed by atoms with van der Waals surface area (Å²) in [5.41, 5.74) is 5.45. The molecule has 0 bridgehead atoms. The minimum atomic E-state index is -0.342. The number of nitro benzene ring substituents is 1. The molecule has 1 heterocycles. The van der Waals surface area contributed by atoms with Gasteiger partial charge >= 0.3 is 0 Å². The van der Waals surface area contributed by atoms with Gasteiger partial charge in [0.15, 0.2) is 0 Å². The molecule has 4 rings (SSSR count). The summed E-state index contributed by atoms with van der Waals surface area (Å²) in [5, 5.41) is 18.4. The molecule has 3 aromatic rings. The first-order valence-electron chi connectivity index (χ1n) is 11.0. The second kappa shape index (κ2) is 9.61. The normalized spacial score (nSPS) is 15.8. The lowest BCUT2D eigenvalue weighted by molar-refractivity contribution is -0.385. The van der Waals surface area contributed by atoms with Crippen molar-refractivity contribution in [3.05, 3.63) is 79.5 Å². The predicted molar refractivity (Wildman–Crippen MR) is 130 cm³/mol. The minimum absolute atomic E-state index is 0.109. The first-order chi connectivity index (χ1) is 15.4. The molecule has 0 radical (unpaired) electrons. The number of hydrogen-bond donors (Lipinski definition) is 0. The van der Waals surface area contributed by atoms with Gasteiger partial charge in [-0.1, -0.05) is 61.2 Å². The van der Waals surface area contributed by atoms with Crippen LogP contribution in [0.5, 0.6) is 0 Å². The van der Waals surface area contributed by atoms with Gasteiger partial charge in [-0.05, 0) is 33.6 Å². The molecule has 0 amide bonds. The zero-order valence-electron chi connectivity index (χ0n) is 18.7. The molecule has 1 fully saturated rings. The van der Waals surface area contributed by atoms with Gasteiger partial charge in [0.25, 0.3) is 5.69 Å². The lowest BCUT2D eigenvalue weighted by Gasteiger charge is -2.17. The van der Waals surface area contributed by atoms with Gasteiger partial charge in [0.1, 0.15) is 0 Å². The van der Waals surface area contributed by atoms with Gasteiger partial charge in [0, 0.05) is 28.1 Å². The van der Waals surface area contributed by atoms with Gasteiger partial charge in [-0.2, -0.15) is 5.10 Å². The zero-order chi connectivity index (χ0) is 22.7. The SMILES string of the molecule is CC(=Nn1c(-c2ccc(C)cc2)csc1=NC1CCCCC1)c1ccc(C)c([N+](=O)[O-])c1. The van der Waals surface area contributed by atoms with E-state index in [0.29, 0.717) is 17.3 Å². The number of benzene rings is 2. The number of thiazole rings is 1. The average molecular weight is 449 g/mol. The first kappa shape index (κ1) is 22.1. The molecule has 7 heteroatoms. The maximum Gasteiger partial charge on any atom is 0.272 e. The van der Waals surface area contributed by atoms with Crippen LogP contribution in [0.3, 0.4) is 0 Å². The van der Waals surface area contributed by atoms with Crippen LogP contribution in [0.15, 0.2) is 57.9 Å². The van der Waals surface area contributed by atoms with Crippen molar-refractivity contribution in [2.45, 2.75) is 58.9 Å². The largest absolute Gasteiger partial charge is 0.272 e. The number of aromatic nitrogens is 1.